The second-order valence-corrected chi connectivity index (χ2v) is 11.0. The molecule has 0 fully saturated rings. The van der Waals surface area contributed by atoms with E-state index in [0.717, 1.165) is 17.0 Å². The number of ether oxygens (including phenoxy) is 2. The summed E-state index contributed by atoms with van der Waals surface area (Å²) in [5, 5.41) is 23.5. The van der Waals surface area contributed by atoms with E-state index >= 15 is 0 Å². The van der Waals surface area contributed by atoms with Crippen LogP contribution >= 0.6 is 11.8 Å². The molecule has 0 aliphatic carbocycles. The van der Waals surface area contributed by atoms with Gasteiger partial charge in [0.25, 0.3) is 5.91 Å². The van der Waals surface area contributed by atoms with Crippen LogP contribution in [0.3, 0.4) is 0 Å². The highest BCUT2D eigenvalue weighted by atomic mass is 32.2. The molecule has 0 radical (unpaired) electrons. The van der Waals surface area contributed by atoms with Crippen molar-refractivity contribution in [3.8, 4) is 34.3 Å². The van der Waals surface area contributed by atoms with Gasteiger partial charge in [0.2, 0.25) is 0 Å². The van der Waals surface area contributed by atoms with Gasteiger partial charge in [-0.05, 0) is 60.4 Å². The molecule has 9 nitrogen and oxygen atoms in total. The third-order valence-corrected chi connectivity index (χ3v) is 7.18. The number of phenolic OH excluding ortho intramolecular Hbond substituents is 1. The minimum absolute atomic E-state index is 0.0324. The number of rotatable bonds is 9. The van der Waals surface area contributed by atoms with Crippen molar-refractivity contribution in [2.45, 2.75) is 38.3 Å². The number of aromatic nitrogens is 3. The fraction of sp³-hybridized carbons (Fsp3) is 0.267. The predicted molar refractivity (Wildman–Crippen MR) is 158 cm³/mol. The van der Waals surface area contributed by atoms with Crippen LogP contribution in [0.5, 0.6) is 17.2 Å². The summed E-state index contributed by atoms with van der Waals surface area (Å²) in [6.45, 7) is 8.29. The highest BCUT2D eigenvalue weighted by Gasteiger charge is 2.19. The number of hydrogen-bond acceptors (Lipinski definition) is 8. The van der Waals surface area contributed by atoms with Crippen LogP contribution in [-0.2, 0) is 10.2 Å². The molecule has 3 aromatic carbocycles. The summed E-state index contributed by atoms with van der Waals surface area (Å²) in [6.07, 6.45) is 0. The lowest BCUT2D eigenvalue weighted by Gasteiger charge is -2.19. The summed E-state index contributed by atoms with van der Waals surface area (Å²) in [6, 6.07) is 20.8. The zero-order valence-electron chi connectivity index (χ0n) is 23.4. The topological polar surface area (TPSA) is 111 Å². The van der Waals surface area contributed by atoms with Crippen molar-refractivity contribution >= 4 is 23.4 Å². The number of phenols is 1. The maximum Gasteiger partial charge on any atom is 0.250 e. The molecule has 40 heavy (non-hydrogen) atoms. The zero-order chi connectivity index (χ0) is 28.9. The van der Waals surface area contributed by atoms with Crippen molar-refractivity contribution in [3.63, 3.8) is 0 Å². The van der Waals surface area contributed by atoms with Gasteiger partial charge in [0, 0.05) is 16.8 Å². The van der Waals surface area contributed by atoms with Crippen LogP contribution < -0.4 is 14.9 Å². The summed E-state index contributed by atoms with van der Waals surface area (Å²) in [7, 11) is 3.10. The minimum atomic E-state index is -0.296. The second kappa shape index (κ2) is 12.3. The van der Waals surface area contributed by atoms with Gasteiger partial charge in [-0.1, -0.05) is 56.8 Å². The number of methoxy groups -OCH3 is 2. The molecule has 0 aliphatic heterocycles. The Balaban J connectivity index is 1.55. The molecule has 208 valence electrons. The second-order valence-electron chi connectivity index (χ2n) is 10.1. The lowest BCUT2D eigenvalue weighted by atomic mass is 9.87. The van der Waals surface area contributed by atoms with E-state index in [1.807, 2.05) is 41.0 Å². The number of benzene rings is 3. The Bertz CT molecular complexity index is 1510. The highest BCUT2D eigenvalue weighted by Crippen LogP contribution is 2.31. The fourth-order valence-corrected chi connectivity index (χ4v) is 4.65. The van der Waals surface area contributed by atoms with Crippen LogP contribution in [0.2, 0.25) is 0 Å². The summed E-state index contributed by atoms with van der Waals surface area (Å²) < 4.78 is 12.4. The Morgan fingerprint density at radius 3 is 2.33 bits per heavy atom. The number of carbonyl (C=O) groups is 1. The van der Waals surface area contributed by atoms with Crippen molar-refractivity contribution in [2.75, 3.05) is 20.0 Å². The van der Waals surface area contributed by atoms with Crippen LogP contribution in [-0.4, -0.2) is 51.5 Å². The number of carbonyl (C=O) groups excluding carboxylic acids is 1. The summed E-state index contributed by atoms with van der Waals surface area (Å²) in [4.78, 5) is 12.7. The van der Waals surface area contributed by atoms with E-state index in [2.05, 4.69) is 53.6 Å². The average Bonchev–Trinajstić information content (AvgIpc) is 3.38. The van der Waals surface area contributed by atoms with E-state index in [0.29, 0.717) is 28.0 Å². The van der Waals surface area contributed by atoms with Gasteiger partial charge in [-0.2, -0.15) is 5.10 Å². The van der Waals surface area contributed by atoms with E-state index in [-0.39, 0.29) is 22.8 Å². The first kappa shape index (κ1) is 28.7. The van der Waals surface area contributed by atoms with Gasteiger partial charge >= 0.3 is 0 Å². The summed E-state index contributed by atoms with van der Waals surface area (Å²) in [5.41, 5.74) is 6.88. The van der Waals surface area contributed by atoms with Crippen LogP contribution in [0.1, 0.15) is 38.8 Å². The number of nitrogens with zero attached hydrogens (tertiary/aromatic N) is 4. The van der Waals surface area contributed by atoms with Gasteiger partial charge in [-0.15, -0.1) is 10.2 Å². The van der Waals surface area contributed by atoms with Crippen LogP contribution in [0, 0.1) is 0 Å². The maximum absolute atomic E-state index is 12.7. The van der Waals surface area contributed by atoms with Crippen molar-refractivity contribution in [1.82, 2.24) is 20.2 Å². The quantitative estimate of drug-likeness (QED) is 0.156. The van der Waals surface area contributed by atoms with E-state index in [9.17, 15) is 9.90 Å². The first-order chi connectivity index (χ1) is 19.1. The molecule has 0 saturated carbocycles. The molecule has 4 aromatic rings. The average molecular weight is 560 g/mol. The molecule has 0 spiro atoms. The number of hydrogen-bond donors (Lipinski definition) is 2. The molecule has 10 heteroatoms. The number of hydrazone groups is 1. The molecule has 0 saturated heterocycles. The molecule has 2 N–H and O–H groups in total. The Hall–Kier alpha value is -4.31. The predicted octanol–water partition coefficient (Wildman–Crippen LogP) is 5.59. The van der Waals surface area contributed by atoms with Gasteiger partial charge in [-0.25, -0.2) is 5.43 Å². The summed E-state index contributed by atoms with van der Waals surface area (Å²) >= 11 is 1.26. The molecule has 0 aliphatic rings. The molecule has 0 unspecified atom stereocenters. The summed E-state index contributed by atoms with van der Waals surface area (Å²) in [5.74, 6) is 1.55. The Morgan fingerprint density at radius 2 is 1.70 bits per heavy atom. The van der Waals surface area contributed by atoms with E-state index in [4.69, 9.17) is 9.47 Å². The van der Waals surface area contributed by atoms with Crippen LogP contribution in [0.25, 0.3) is 17.1 Å². The van der Waals surface area contributed by atoms with E-state index in [1.165, 1.54) is 30.5 Å². The first-order valence-electron chi connectivity index (χ1n) is 12.6. The molecule has 0 atom stereocenters. The molecular weight excluding hydrogens is 526 g/mol. The van der Waals surface area contributed by atoms with E-state index in [1.54, 1.807) is 26.2 Å². The van der Waals surface area contributed by atoms with Gasteiger partial charge in [-0.3, -0.25) is 9.36 Å². The smallest absolute Gasteiger partial charge is 0.250 e. The number of aromatic hydroxyl groups is 1. The van der Waals surface area contributed by atoms with Gasteiger partial charge in [0.15, 0.2) is 22.5 Å². The van der Waals surface area contributed by atoms with Gasteiger partial charge in [0.05, 0.1) is 25.7 Å². The molecule has 1 amide bonds. The van der Waals surface area contributed by atoms with Crippen molar-refractivity contribution in [2.24, 2.45) is 5.10 Å². The molecule has 0 bridgehead atoms. The Morgan fingerprint density at radius 1 is 1.00 bits per heavy atom. The number of amides is 1. The lowest BCUT2D eigenvalue weighted by Crippen LogP contribution is -2.21. The standard InChI is InChI=1S/C30H33N5O4S/c1-19(21-9-16-25(36)26(17-21)39-6)31-32-27(37)18-40-29-34-33-28(20-7-10-22(11-8-20)30(2,3)4)35(29)23-12-14-24(38-5)15-13-23/h7-17,36H,18H2,1-6H3,(H,32,37)/b31-19+. The van der Waals surface area contributed by atoms with E-state index < -0.39 is 0 Å². The largest absolute Gasteiger partial charge is 0.504 e. The number of nitrogens with one attached hydrogen (secondary N) is 1. The molecule has 1 heterocycles. The first-order valence-corrected chi connectivity index (χ1v) is 13.6. The third-order valence-electron chi connectivity index (χ3n) is 6.25. The highest BCUT2D eigenvalue weighted by molar-refractivity contribution is 7.99. The van der Waals surface area contributed by atoms with Crippen molar-refractivity contribution < 1.29 is 19.4 Å². The number of thioether (sulfide) groups is 1. The lowest BCUT2D eigenvalue weighted by molar-refractivity contribution is -0.118. The van der Waals surface area contributed by atoms with Crippen LogP contribution in [0.4, 0.5) is 0 Å². The monoisotopic (exact) mass is 559 g/mol. The minimum Gasteiger partial charge on any atom is -0.504 e. The van der Waals surface area contributed by atoms with Gasteiger partial charge in [0.1, 0.15) is 5.75 Å². The zero-order valence-corrected chi connectivity index (χ0v) is 24.2. The SMILES string of the molecule is COc1ccc(-n2c(SCC(=O)N/N=C(\C)c3ccc(O)c(OC)c3)nnc2-c2ccc(C(C)(C)C)cc2)cc1. The molecular formula is C30H33N5O4S. The Kier molecular flexibility index (Phi) is 8.79. The maximum atomic E-state index is 12.7. The fourth-order valence-electron chi connectivity index (χ4n) is 3.91. The van der Waals surface area contributed by atoms with Crippen molar-refractivity contribution in [3.05, 3.63) is 77.9 Å². The molecule has 1 aromatic heterocycles. The normalized spacial score (nSPS) is 11.8. The van der Waals surface area contributed by atoms with Crippen molar-refractivity contribution in [1.29, 1.82) is 0 Å². The van der Waals surface area contributed by atoms with Gasteiger partial charge < -0.3 is 14.6 Å². The van der Waals surface area contributed by atoms with Crippen LogP contribution in [0.15, 0.2) is 77.0 Å². The third kappa shape index (κ3) is 6.63. The molecule has 4 rings (SSSR count). The Labute approximate surface area is 238 Å².